The number of nitrogens with zero attached hydrogens (tertiary/aromatic N) is 2. The van der Waals surface area contributed by atoms with Crippen LogP contribution in [-0.4, -0.2) is 42.5 Å². The number of benzene rings is 1. The van der Waals surface area contributed by atoms with Gasteiger partial charge in [-0.05, 0) is 12.5 Å². The van der Waals surface area contributed by atoms with E-state index in [1.54, 1.807) is 6.07 Å². The van der Waals surface area contributed by atoms with Crippen molar-refractivity contribution in [2.45, 2.75) is 19.6 Å². The zero-order chi connectivity index (χ0) is 15.9. The maximum Gasteiger partial charge on any atom is 0.220 e. The van der Waals surface area contributed by atoms with E-state index in [4.69, 9.17) is 18.9 Å². The van der Waals surface area contributed by atoms with E-state index in [0.29, 0.717) is 50.6 Å². The molecular formula is C17H20N2O4. The minimum atomic E-state index is -0.0623. The van der Waals surface area contributed by atoms with Crippen molar-refractivity contribution < 1.29 is 18.9 Å². The monoisotopic (exact) mass is 316 g/mol. The van der Waals surface area contributed by atoms with Crippen molar-refractivity contribution in [2.75, 3.05) is 26.4 Å². The molecule has 122 valence electrons. The molecule has 1 fully saturated rings. The van der Waals surface area contributed by atoms with E-state index in [0.717, 1.165) is 5.56 Å². The molecule has 0 saturated carbocycles. The van der Waals surface area contributed by atoms with Gasteiger partial charge >= 0.3 is 0 Å². The first-order chi connectivity index (χ1) is 11.3. The lowest BCUT2D eigenvalue weighted by Gasteiger charge is -2.22. The number of hydrogen-bond acceptors (Lipinski definition) is 6. The average Bonchev–Trinajstić information content (AvgIpc) is 2.60. The Balaban J connectivity index is 1.57. The molecule has 0 radical (unpaired) electrons. The third-order valence-corrected chi connectivity index (χ3v) is 3.32. The van der Waals surface area contributed by atoms with Crippen molar-refractivity contribution >= 4 is 0 Å². The van der Waals surface area contributed by atoms with Crippen LogP contribution in [-0.2, 0) is 16.1 Å². The molecule has 23 heavy (non-hydrogen) atoms. The highest BCUT2D eigenvalue weighted by Gasteiger charge is 2.15. The standard InChI is InChI=1S/C17H20N2O4/c1-13-18-16(22-10-14-5-3-2-4-6-14)9-17(19-13)23-12-15-11-20-7-8-21-15/h2-6,9,15H,7-8,10-12H2,1H3. The van der Waals surface area contributed by atoms with Crippen LogP contribution in [0.4, 0.5) is 0 Å². The van der Waals surface area contributed by atoms with E-state index in [2.05, 4.69) is 9.97 Å². The van der Waals surface area contributed by atoms with Gasteiger partial charge in [0.15, 0.2) is 0 Å². The van der Waals surface area contributed by atoms with Gasteiger partial charge in [-0.25, -0.2) is 0 Å². The van der Waals surface area contributed by atoms with E-state index < -0.39 is 0 Å². The quantitative estimate of drug-likeness (QED) is 0.814. The second-order valence-corrected chi connectivity index (χ2v) is 5.24. The lowest BCUT2D eigenvalue weighted by Crippen LogP contribution is -2.33. The van der Waals surface area contributed by atoms with Crippen LogP contribution < -0.4 is 9.47 Å². The van der Waals surface area contributed by atoms with Crippen molar-refractivity contribution in [3.63, 3.8) is 0 Å². The van der Waals surface area contributed by atoms with Crippen LogP contribution in [0.15, 0.2) is 36.4 Å². The normalized spacial score (nSPS) is 17.7. The van der Waals surface area contributed by atoms with Gasteiger partial charge in [0.1, 0.15) is 25.1 Å². The van der Waals surface area contributed by atoms with Crippen LogP contribution in [0.3, 0.4) is 0 Å². The lowest BCUT2D eigenvalue weighted by atomic mass is 10.2. The van der Waals surface area contributed by atoms with Crippen LogP contribution in [0, 0.1) is 6.92 Å². The highest BCUT2D eigenvalue weighted by atomic mass is 16.6. The molecule has 0 amide bonds. The van der Waals surface area contributed by atoms with E-state index in [1.807, 2.05) is 37.3 Å². The van der Waals surface area contributed by atoms with E-state index >= 15 is 0 Å². The second kappa shape index (κ2) is 7.89. The first kappa shape index (κ1) is 15.7. The molecule has 2 aromatic rings. The first-order valence-electron chi connectivity index (χ1n) is 7.64. The number of rotatable bonds is 6. The van der Waals surface area contributed by atoms with Crippen molar-refractivity contribution in [3.8, 4) is 11.8 Å². The van der Waals surface area contributed by atoms with Gasteiger partial charge in [-0.2, -0.15) is 9.97 Å². The third-order valence-electron chi connectivity index (χ3n) is 3.32. The summed E-state index contributed by atoms with van der Waals surface area (Å²) in [6.07, 6.45) is -0.0623. The fraction of sp³-hybridized carbons (Fsp3) is 0.412. The zero-order valence-corrected chi connectivity index (χ0v) is 13.1. The highest BCUT2D eigenvalue weighted by molar-refractivity contribution is 5.22. The molecule has 1 aromatic carbocycles. The summed E-state index contributed by atoms with van der Waals surface area (Å²) in [7, 11) is 0. The van der Waals surface area contributed by atoms with Gasteiger partial charge in [-0.1, -0.05) is 30.3 Å². The molecule has 3 rings (SSSR count). The average molecular weight is 316 g/mol. The van der Waals surface area contributed by atoms with Crippen molar-refractivity contribution in [1.82, 2.24) is 9.97 Å². The fourth-order valence-corrected chi connectivity index (χ4v) is 2.20. The molecule has 0 aliphatic carbocycles. The molecular weight excluding hydrogens is 296 g/mol. The van der Waals surface area contributed by atoms with Crippen LogP contribution in [0.2, 0.25) is 0 Å². The maximum atomic E-state index is 5.72. The Morgan fingerprint density at radius 1 is 1.09 bits per heavy atom. The molecule has 0 bridgehead atoms. The molecule has 1 aliphatic rings. The summed E-state index contributed by atoms with van der Waals surface area (Å²) in [4.78, 5) is 8.54. The predicted octanol–water partition coefficient (Wildman–Crippen LogP) is 2.16. The smallest absolute Gasteiger partial charge is 0.220 e. The van der Waals surface area contributed by atoms with Gasteiger partial charge in [0.25, 0.3) is 0 Å². The summed E-state index contributed by atoms with van der Waals surface area (Å²) in [5.74, 6) is 1.58. The number of hydrogen-bond donors (Lipinski definition) is 0. The summed E-state index contributed by atoms with van der Waals surface area (Å²) in [5.41, 5.74) is 1.08. The minimum absolute atomic E-state index is 0.0623. The molecule has 1 aliphatic heterocycles. The summed E-state index contributed by atoms with van der Waals surface area (Å²) < 4.78 is 22.3. The van der Waals surface area contributed by atoms with Gasteiger partial charge in [0, 0.05) is 0 Å². The van der Waals surface area contributed by atoms with Gasteiger partial charge in [0.05, 0.1) is 25.9 Å². The zero-order valence-electron chi connectivity index (χ0n) is 13.1. The summed E-state index contributed by atoms with van der Waals surface area (Å²) in [6, 6.07) is 11.6. The minimum Gasteiger partial charge on any atom is -0.475 e. The van der Waals surface area contributed by atoms with E-state index in [-0.39, 0.29) is 6.10 Å². The second-order valence-electron chi connectivity index (χ2n) is 5.24. The molecule has 2 heterocycles. The molecule has 1 aromatic heterocycles. The van der Waals surface area contributed by atoms with Gasteiger partial charge in [-0.3, -0.25) is 0 Å². The Kier molecular flexibility index (Phi) is 5.39. The largest absolute Gasteiger partial charge is 0.475 e. The Morgan fingerprint density at radius 2 is 1.87 bits per heavy atom. The summed E-state index contributed by atoms with van der Waals surface area (Å²) in [6.45, 7) is 4.44. The Morgan fingerprint density at radius 3 is 2.61 bits per heavy atom. The molecule has 6 nitrogen and oxygen atoms in total. The Bertz CT molecular complexity index is 615. The Hall–Kier alpha value is -2.18. The van der Waals surface area contributed by atoms with Gasteiger partial charge < -0.3 is 18.9 Å². The number of ether oxygens (including phenoxy) is 4. The van der Waals surface area contributed by atoms with Crippen molar-refractivity contribution in [3.05, 3.63) is 47.8 Å². The predicted molar refractivity (Wildman–Crippen MR) is 83.6 cm³/mol. The van der Waals surface area contributed by atoms with Crippen LogP contribution in [0.1, 0.15) is 11.4 Å². The summed E-state index contributed by atoms with van der Waals surface area (Å²) >= 11 is 0. The SMILES string of the molecule is Cc1nc(OCc2ccccc2)cc(OCC2COCCO2)n1. The fourth-order valence-electron chi connectivity index (χ4n) is 2.20. The van der Waals surface area contributed by atoms with Gasteiger partial charge in [0.2, 0.25) is 11.8 Å². The summed E-state index contributed by atoms with van der Waals surface area (Å²) in [5, 5.41) is 0. The van der Waals surface area contributed by atoms with Crippen LogP contribution in [0.25, 0.3) is 0 Å². The molecule has 1 atom stereocenters. The first-order valence-corrected chi connectivity index (χ1v) is 7.64. The van der Waals surface area contributed by atoms with Crippen LogP contribution >= 0.6 is 0 Å². The molecule has 1 unspecified atom stereocenters. The van der Waals surface area contributed by atoms with E-state index in [1.165, 1.54) is 0 Å². The third kappa shape index (κ3) is 4.91. The van der Waals surface area contributed by atoms with Crippen LogP contribution in [0.5, 0.6) is 11.8 Å². The van der Waals surface area contributed by atoms with E-state index in [9.17, 15) is 0 Å². The highest BCUT2D eigenvalue weighted by Crippen LogP contribution is 2.17. The topological polar surface area (TPSA) is 62.7 Å². The van der Waals surface area contributed by atoms with Crippen molar-refractivity contribution in [2.24, 2.45) is 0 Å². The maximum absolute atomic E-state index is 5.72. The Labute approximate surface area is 135 Å². The van der Waals surface area contributed by atoms with Crippen molar-refractivity contribution in [1.29, 1.82) is 0 Å². The molecule has 1 saturated heterocycles. The lowest BCUT2D eigenvalue weighted by molar-refractivity contribution is -0.102. The molecule has 6 heteroatoms. The number of aryl methyl sites for hydroxylation is 1. The van der Waals surface area contributed by atoms with Gasteiger partial charge in [-0.15, -0.1) is 0 Å². The number of aromatic nitrogens is 2. The molecule has 0 spiro atoms. The molecule has 0 N–H and O–H groups in total.